The Bertz CT molecular complexity index is 1960. The van der Waals surface area contributed by atoms with Gasteiger partial charge in [0, 0.05) is 60.7 Å². The topological polar surface area (TPSA) is 426 Å². The lowest BCUT2D eigenvalue weighted by molar-refractivity contribution is -0.148. The average Bonchev–Trinajstić information content (AvgIpc) is 3.42. The quantitative estimate of drug-likeness (QED) is 0.0202. The van der Waals surface area contributed by atoms with E-state index in [0.29, 0.717) is 52.7 Å². The van der Waals surface area contributed by atoms with Gasteiger partial charge in [-0.1, -0.05) is 19.1 Å². The molecule has 0 aromatic rings. The molecule has 0 radical (unpaired) electrons. The molecule has 454 valence electrons. The standard InChI is InChI=1S/C49H81N9O22/c1-8-14-71-20-22-75-24-25-76-23-21-74-19-13-58(11-17-72-15-9-56(6)48(69)79-42(36(63)28-59)44-40(54-32(4)61)34(52-30(2)50)26-38(77-44)46(65)66)12-18-73-16-10-57(7)49(70)80-43(37(64)29-60)45-41(55-33(5)62)35(53-31(3)51)27-39(78-45)47(67)68/h1,26-27,34-37,40-45,52-53,59-60,63-64H,2-3,9-25,28-29,50-51H2,4-7H3,(H,54,61)(H,55,62)(H,65,66)(H,67,68)/t34-,35-,36+,37+,40+,41+,42+,43+,44+,45+/m0/s1. The Labute approximate surface area is 464 Å². The summed E-state index contributed by atoms with van der Waals surface area (Å²) in [6.07, 6.45) is -4.79. The first kappa shape index (κ1) is 69.4. The zero-order valence-corrected chi connectivity index (χ0v) is 45.6. The molecule has 0 unspecified atom stereocenters. The zero-order chi connectivity index (χ0) is 59.7. The number of rotatable bonds is 41. The molecule has 10 atom stereocenters. The predicted octanol–water partition coefficient (Wildman–Crippen LogP) is -4.88. The number of nitrogens with two attached hydrogens (primary N) is 2. The number of nitrogens with zero attached hydrogens (tertiary/aromatic N) is 3. The molecule has 31 heteroatoms. The van der Waals surface area contributed by atoms with Crippen molar-refractivity contribution in [2.75, 3.05) is 139 Å². The van der Waals surface area contributed by atoms with Crippen molar-refractivity contribution in [3.8, 4) is 12.3 Å². The molecule has 0 saturated carbocycles. The van der Waals surface area contributed by atoms with E-state index in [-0.39, 0.29) is 71.0 Å². The first-order valence-electron chi connectivity index (χ1n) is 25.3. The number of hydrogen-bond donors (Lipinski definition) is 12. The summed E-state index contributed by atoms with van der Waals surface area (Å²) in [5.74, 6) is -3.28. The van der Waals surface area contributed by atoms with Crippen LogP contribution < -0.4 is 32.7 Å². The second kappa shape index (κ2) is 38.0. The molecule has 0 fully saturated rings. The number of hydrogen-bond acceptors (Lipinski definition) is 25. The van der Waals surface area contributed by atoms with E-state index in [0.717, 1.165) is 22.0 Å². The van der Waals surface area contributed by atoms with Crippen molar-refractivity contribution < 1.29 is 107 Å². The van der Waals surface area contributed by atoms with E-state index in [9.17, 15) is 59.4 Å². The van der Waals surface area contributed by atoms with Crippen molar-refractivity contribution in [3.05, 3.63) is 48.5 Å². The second-order valence-corrected chi connectivity index (χ2v) is 17.9. The molecule has 0 aromatic heterocycles. The number of aliphatic hydroxyl groups excluding tert-OH is 4. The van der Waals surface area contributed by atoms with E-state index in [1.165, 1.54) is 27.9 Å². The van der Waals surface area contributed by atoms with Crippen LogP contribution in [-0.2, 0) is 66.5 Å². The maximum absolute atomic E-state index is 13.4. The number of terminal acetylenes is 1. The Morgan fingerprint density at radius 1 is 0.600 bits per heavy atom. The Morgan fingerprint density at radius 3 is 1.24 bits per heavy atom. The molecule has 0 aliphatic carbocycles. The van der Waals surface area contributed by atoms with Gasteiger partial charge in [0.25, 0.3) is 0 Å². The molecule has 14 N–H and O–H groups in total. The molecule has 31 nitrogen and oxygen atoms in total. The molecule has 2 aliphatic heterocycles. The Balaban J connectivity index is 2.06. The van der Waals surface area contributed by atoms with E-state index in [4.69, 9.17) is 65.3 Å². The molecule has 0 aromatic carbocycles. The summed E-state index contributed by atoms with van der Waals surface area (Å²) in [7, 11) is 2.74. The normalized spacial score (nSPS) is 20.1. The van der Waals surface area contributed by atoms with E-state index in [2.05, 4.69) is 40.3 Å². The highest BCUT2D eigenvalue weighted by molar-refractivity contribution is 5.85. The van der Waals surface area contributed by atoms with Crippen molar-refractivity contribution in [2.45, 2.75) is 74.6 Å². The minimum absolute atomic E-state index is 0.0126. The predicted molar refractivity (Wildman–Crippen MR) is 279 cm³/mol. The van der Waals surface area contributed by atoms with Gasteiger partial charge in [0.2, 0.25) is 23.3 Å². The van der Waals surface area contributed by atoms with Gasteiger partial charge in [-0.25, -0.2) is 19.2 Å². The van der Waals surface area contributed by atoms with Crippen molar-refractivity contribution in [2.24, 2.45) is 11.5 Å². The van der Waals surface area contributed by atoms with Crippen LogP contribution in [0.2, 0.25) is 0 Å². The summed E-state index contributed by atoms with van der Waals surface area (Å²) >= 11 is 0. The van der Waals surface area contributed by atoms with Gasteiger partial charge < -0.3 is 121 Å². The number of likely N-dealkylation sites (N-methyl/N-ethyl adjacent to an activating group) is 2. The van der Waals surface area contributed by atoms with Crippen molar-refractivity contribution >= 4 is 35.9 Å². The molecule has 80 heavy (non-hydrogen) atoms. The first-order chi connectivity index (χ1) is 38.0. The molecular weight excluding hydrogens is 1070 g/mol. The van der Waals surface area contributed by atoms with Crippen molar-refractivity contribution in [3.63, 3.8) is 0 Å². The summed E-state index contributed by atoms with van der Waals surface area (Å²) < 4.78 is 56.0. The summed E-state index contributed by atoms with van der Waals surface area (Å²) in [5, 5.41) is 71.6. The van der Waals surface area contributed by atoms with Crippen molar-refractivity contribution in [1.29, 1.82) is 0 Å². The lowest BCUT2D eigenvalue weighted by Crippen LogP contribution is -2.64. The lowest BCUT2D eigenvalue weighted by Gasteiger charge is -2.41. The molecule has 0 spiro atoms. The third-order valence-electron chi connectivity index (χ3n) is 11.5. The molecule has 2 rings (SSSR count). The number of carbonyl (C=O) groups excluding carboxylic acids is 4. The lowest BCUT2D eigenvalue weighted by atomic mass is 9.91. The summed E-state index contributed by atoms with van der Waals surface area (Å²) in [6, 6.07) is -4.49. The van der Waals surface area contributed by atoms with Crippen LogP contribution in [0.25, 0.3) is 0 Å². The number of carboxylic acids is 2. The van der Waals surface area contributed by atoms with Crippen LogP contribution >= 0.6 is 0 Å². The monoisotopic (exact) mass is 1150 g/mol. The van der Waals surface area contributed by atoms with Gasteiger partial charge in [0.1, 0.15) is 18.8 Å². The van der Waals surface area contributed by atoms with Crippen LogP contribution in [0.5, 0.6) is 0 Å². The van der Waals surface area contributed by atoms with Crippen molar-refractivity contribution in [1.82, 2.24) is 36.0 Å². The Hall–Kier alpha value is -6.70. The summed E-state index contributed by atoms with van der Waals surface area (Å²) in [4.78, 5) is 79.5. The largest absolute Gasteiger partial charge is 0.477 e. The van der Waals surface area contributed by atoms with Gasteiger partial charge in [-0.05, 0) is 12.2 Å². The van der Waals surface area contributed by atoms with E-state index < -0.39 is 121 Å². The molecule has 4 amide bonds. The van der Waals surface area contributed by atoms with Crippen LogP contribution in [0.1, 0.15) is 13.8 Å². The molecule has 2 aliphatic rings. The second-order valence-electron chi connectivity index (χ2n) is 17.9. The number of nitrogens with one attached hydrogen (secondary N) is 4. The minimum Gasteiger partial charge on any atom is -0.477 e. The smallest absolute Gasteiger partial charge is 0.410 e. The van der Waals surface area contributed by atoms with E-state index in [1.807, 2.05) is 4.90 Å². The highest BCUT2D eigenvalue weighted by Gasteiger charge is 2.48. The van der Waals surface area contributed by atoms with Gasteiger partial charge in [-0.3, -0.25) is 14.5 Å². The number of aliphatic carboxylic acids is 2. The Kier molecular flexibility index (Phi) is 33.0. The fourth-order valence-corrected chi connectivity index (χ4v) is 7.60. The summed E-state index contributed by atoms with van der Waals surface area (Å²) in [5.41, 5.74) is 11.4. The number of amides is 4. The van der Waals surface area contributed by atoms with Gasteiger partial charge in [0.05, 0.1) is 122 Å². The van der Waals surface area contributed by atoms with Gasteiger partial charge in [-0.15, -0.1) is 6.42 Å². The maximum atomic E-state index is 13.4. The number of carbonyl (C=O) groups is 6. The fourth-order valence-electron chi connectivity index (χ4n) is 7.60. The number of ether oxygens (including phenoxy) is 10. The van der Waals surface area contributed by atoms with Crippen LogP contribution in [0, 0.1) is 12.3 Å². The van der Waals surface area contributed by atoms with Gasteiger partial charge in [-0.2, -0.15) is 0 Å². The van der Waals surface area contributed by atoms with E-state index in [1.54, 1.807) is 0 Å². The molecule has 0 bridgehead atoms. The van der Waals surface area contributed by atoms with Crippen LogP contribution in [-0.4, -0.2) is 281 Å². The summed E-state index contributed by atoms with van der Waals surface area (Å²) in [6.45, 7) is 11.3. The first-order valence-corrected chi connectivity index (χ1v) is 25.3. The third-order valence-corrected chi connectivity index (χ3v) is 11.5. The zero-order valence-electron chi connectivity index (χ0n) is 45.6. The number of carboxylic acid groups (broad SMARTS) is 2. The SMILES string of the molecule is C#CCOCCOCCOCCOCCN(CCOCCN(C)C(=O)O[C@@H]([C@@H]1OC(C(=O)O)=C[C@H](NC(=C)N)[C@H]1NC(C)=O)[C@H](O)CO)CCOCCN(C)C(=O)O[C@@H]([C@@H]1OC(C(=O)O)=C[C@H](NC(=C)N)[C@H]1NC(C)=O)[C@H](O)CO. The highest BCUT2D eigenvalue weighted by atomic mass is 16.6. The van der Waals surface area contributed by atoms with Crippen LogP contribution in [0.15, 0.2) is 48.5 Å². The highest BCUT2D eigenvalue weighted by Crippen LogP contribution is 2.27. The van der Waals surface area contributed by atoms with Crippen LogP contribution in [0.4, 0.5) is 9.59 Å². The third kappa shape index (κ3) is 26.1. The fraction of sp³-hybridized carbons (Fsp3) is 0.673. The molecular formula is C49H81N9O22. The van der Waals surface area contributed by atoms with Gasteiger partial charge in [0.15, 0.2) is 24.4 Å². The molecule has 0 saturated heterocycles. The maximum Gasteiger partial charge on any atom is 0.410 e. The van der Waals surface area contributed by atoms with E-state index >= 15 is 0 Å². The number of aliphatic hydroxyl groups is 4. The average molecular weight is 1150 g/mol. The molecule has 2 heterocycles. The minimum atomic E-state index is -1.80. The Morgan fingerprint density at radius 2 is 0.925 bits per heavy atom. The van der Waals surface area contributed by atoms with Crippen LogP contribution in [0.3, 0.4) is 0 Å². The van der Waals surface area contributed by atoms with Gasteiger partial charge >= 0.3 is 24.1 Å².